The van der Waals surface area contributed by atoms with E-state index < -0.39 is 5.60 Å². The maximum atomic E-state index is 6.81. The zero-order valence-electron chi connectivity index (χ0n) is 17.7. The van der Waals surface area contributed by atoms with Gasteiger partial charge in [0.25, 0.3) is 0 Å². The van der Waals surface area contributed by atoms with Crippen molar-refractivity contribution < 1.29 is 4.74 Å². The summed E-state index contributed by atoms with van der Waals surface area (Å²) in [5.41, 5.74) is 10.3. The topological polar surface area (TPSA) is 76.0 Å². The summed E-state index contributed by atoms with van der Waals surface area (Å²) in [5.74, 6) is 0. The van der Waals surface area contributed by atoms with Crippen molar-refractivity contribution in [1.82, 2.24) is 10.2 Å². The van der Waals surface area contributed by atoms with Gasteiger partial charge in [0, 0.05) is 17.9 Å². The molecule has 1 aromatic heterocycles. The molecule has 0 spiro atoms. The Hall–Kier alpha value is -3.57. The Kier molecular flexibility index (Phi) is 6.34. The number of anilines is 2. The molecule has 1 unspecified atom stereocenters. The van der Waals surface area contributed by atoms with Crippen LogP contribution < -0.4 is 11.1 Å². The number of aromatic nitrogens is 2. The molecule has 0 amide bonds. The number of benzene rings is 3. The van der Waals surface area contributed by atoms with Crippen LogP contribution in [0.1, 0.15) is 30.0 Å². The standard InChI is InChI=1S/C26H28N4O/c1-20(30-25-18-28-29-19-25)15-16-31-26(21-9-4-2-5-10-21,22-11-6-3-7-12-22)23-13-8-14-24(27)17-23/h2-14,17-20,30H,15-16,27H2,1H3,(H,28,29). The van der Waals surface area contributed by atoms with Crippen molar-refractivity contribution in [2.24, 2.45) is 0 Å². The number of hydrogen-bond donors (Lipinski definition) is 3. The fraction of sp³-hybridized carbons (Fsp3) is 0.192. The summed E-state index contributed by atoms with van der Waals surface area (Å²) in [4.78, 5) is 0. The first-order valence-electron chi connectivity index (χ1n) is 10.5. The van der Waals surface area contributed by atoms with Gasteiger partial charge in [-0.05, 0) is 42.2 Å². The first-order valence-corrected chi connectivity index (χ1v) is 10.5. The van der Waals surface area contributed by atoms with Crippen molar-refractivity contribution >= 4 is 11.4 Å². The van der Waals surface area contributed by atoms with E-state index in [2.05, 4.69) is 52.8 Å². The second-order valence-electron chi connectivity index (χ2n) is 7.71. The van der Waals surface area contributed by atoms with E-state index in [1.54, 1.807) is 6.20 Å². The van der Waals surface area contributed by atoms with Crippen LogP contribution in [0.5, 0.6) is 0 Å². The average molecular weight is 413 g/mol. The Morgan fingerprint density at radius 3 is 2.16 bits per heavy atom. The quantitative estimate of drug-likeness (QED) is 0.261. The molecule has 1 atom stereocenters. The Balaban J connectivity index is 1.69. The summed E-state index contributed by atoms with van der Waals surface area (Å²) < 4.78 is 6.81. The Morgan fingerprint density at radius 2 is 1.58 bits per heavy atom. The van der Waals surface area contributed by atoms with E-state index >= 15 is 0 Å². The third kappa shape index (κ3) is 4.62. The molecular weight excluding hydrogens is 384 g/mol. The molecule has 4 N–H and O–H groups in total. The molecule has 4 rings (SSSR count). The van der Waals surface area contributed by atoms with Crippen molar-refractivity contribution in [1.29, 1.82) is 0 Å². The fourth-order valence-electron chi connectivity index (χ4n) is 3.93. The van der Waals surface area contributed by atoms with Gasteiger partial charge in [-0.1, -0.05) is 72.8 Å². The number of nitrogen functional groups attached to an aromatic ring is 1. The molecule has 3 aromatic carbocycles. The van der Waals surface area contributed by atoms with Crippen LogP contribution in [0.3, 0.4) is 0 Å². The average Bonchev–Trinajstić information content (AvgIpc) is 3.31. The normalized spacial score (nSPS) is 12.4. The van der Waals surface area contributed by atoms with Crippen molar-refractivity contribution in [3.8, 4) is 0 Å². The highest BCUT2D eigenvalue weighted by Gasteiger charge is 2.37. The summed E-state index contributed by atoms with van der Waals surface area (Å²) >= 11 is 0. The number of nitrogens with one attached hydrogen (secondary N) is 2. The highest BCUT2D eigenvalue weighted by atomic mass is 16.5. The first kappa shape index (κ1) is 20.7. The van der Waals surface area contributed by atoms with Crippen LogP contribution in [-0.2, 0) is 10.3 Å². The number of hydrogen-bond acceptors (Lipinski definition) is 4. The largest absolute Gasteiger partial charge is 0.399 e. The van der Waals surface area contributed by atoms with Crippen LogP contribution in [0.2, 0.25) is 0 Å². The zero-order chi connectivity index (χ0) is 21.5. The summed E-state index contributed by atoms with van der Waals surface area (Å²) in [5, 5.41) is 10.3. The van der Waals surface area contributed by atoms with E-state index in [0.29, 0.717) is 12.3 Å². The van der Waals surface area contributed by atoms with Gasteiger partial charge in [0.05, 0.1) is 18.5 Å². The van der Waals surface area contributed by atoms with Gasteiger partial charge in [-0.3, -0.25) is 5.10 Å². The lowest BCUT2D eigenvalue weighted by Gasteiger charge is -2.36. The maximum absolute atomic E-state index is 6.81. The number of H-pyrrole nitrogens is 1. The molecule has 1 heterocycles. The molecule has 0 aliphatic carbocycles. The zero-order valence-corrected chi connectivity index (χ0v) is 17.7. The van der Waals surface area contributed by atoms with Crippen LogP contribution in [0.4, 0.5) is 11.4 Å². The van der Waals surface area contributed by atoms with Crippen LogP contribution in [-0.4, -0.2) is 22.8 Å². The van der Waals surface area contributed by atoms with E-state index in [1.807, 2.05) is 60.8 Å². The SMILES string of the molecule is CC(CCOC(c1ccccc1)(c1ccccc1)c1cccc(N)c1)Nc1cn[nH]c1. The van der Waals surface area contributed by atoms with E-state index in [-0.39, 0.29) is 6.04 Å². The third-order valence-electron chi connectivity index (χ3n) is 5.43. The number of rotatable bonds is 9. The van der Waals surface area contributed by atoms with Crippen LogP contribution in [0.15, 0.2) is 97.3 Å². The predicted molar refractivity (Wildman–Crippen MR) is 126 cm³/mol. The van der Waals surface area contributed by atoms with Crippen molar-refractivity contribution in [3.05, 3.63) is 114 Å². The summed E-state index contributed by atoms with van der Waals surface area (Å²) in [6, 6.07) is 28.9. The molecule has 0 aliphatic rings. The van der Waals surface area contributed by atoms with E-state index in [9.17, 15) is 0 Å². The molecule has 31 heavy (non-hydrogen) atoms. The number of aromatic amines is 1. The van der Waals surface area contributed by atoms with E-state index in [4.69, 9.17) is 10.5 Å². The van der Waals surface area contributed by atoms with Crippen LogP contribution in [0, 0.1) is 0 Å². The van der Waals surface area contributed by atoms with Crippen LogP contribution >= 0.6 is 0 Å². The van der Waals surface area contributed by atoms with Gasteiger partial charge in [0.15, 0.2) is 0 Å². The lowest BCUT2D eigenvalue weighted by atomic mass is 9.80. The first-order chi connectivity index (χ1) is 15.2. The third-order valence-corrected chi connectivity index (χ3v) is 5.43. The lowest BCUT2D eigenvalue weighted by molar-refractivity contribution is 0.0104. The second-order valence-corrected chi connectivity index (χ2v) is 7.71. The van der Waals surface area contributed by atoms with Crippen molar-refractivity contribution in [2.75, 3.05) is 17.7 Å². The fourth-order valence-corrected chi connectivity index (χ4v) is 3.93. The van der Waals surface area contributed by atoms with Crippen molar-refractivity contribution in [3.63, 3.8) is 0 Å². The molecule has 0 saturated heterocycles. The molecule has 0 radical (unpaired) electrons. The van der Waals surface area contributed by atoms with Gasteiger partial charge in [-0.25, -0.2) is 0 Å². The number of nitrogens with two attached hydrogens (primary N) is 1. The molecule has 0 fully saturated rings. The second kappa shape index (κ2) is 9.49. The Morgan fingerprint density at radius 1 is 0.935 bits per heavy atom. The van der Waals surface area contributed by atoms with E-state index in [1.165, 1.54) is 0 Å². The Bertz CT molecular complexity index is 1030. The van der Waals surface area contributed by atoms with Crippen molar-refractivity contribution in [2.45, 2.75) is 25.0 Å². The molecule has 158 valence electrons. The summed E-state index contributed by atoms with van der Waals surface area (Å²) in [6.07, 6.45) is 4.46. The number of ether oxygens (including phenoxy) is 1. The van der Waals surface area contributed by atoms with E-state index in [0.717, 1.165) is 28.8 Å². The maximum Gasteiger partial charge on any atom is 0.143 e. The molecule has 0 saturated carbocycles. The molecular formula is C26H28N4O. The summed E-state index contributed by atoms with van der Waals surface area (Å²) in [6.45, 7) is 2.70. The molecule has 5 heteroatoms. The predicted octanol–water partition coefficient (Wildman–Crippen LogP) is 5.19. The van der Waals surface area contributed by atoms with Gasteiger partial charge >= 0.3 is 0 Å². The monoisotopic (exact) mass is 412 g/mol. The van der Waals surface area contributed by atoms with Crippen LogP contribution in [0.25, 0.3) is 0 Å². The molecule has 0 aliphatic heterocycles. The minimum atomic E-state index is -0.757. The van der Waals surface area contributed by atoms with Gasteiger partial charge < -0.3 is 15.8 Å². The summed E-state index contributed by atoms with van der Waals surface area (Å²) in [7, 11) is 0. The number of nitrogens with zero attached hydrogens (tertiary/aromatic N) is 1. The minimum Gasteiger partial charge on any atom is -0.399 e. The smallest absolute Gasteiger partial charge is 0.143 e. The van der Waals surface area contributed by atoms with Gasteiger partial charge in [-0.2, -0.15) is 5.10 Å². The molecule has 4 aromatic rings. The van der Waals surface area contributed by atoms with Gasteiger partial charge in [0.1, 0.15) is 5.60 Å². The highest BCUT2D eigenvalue weighted by Crippen LogP contribution is 2.41. The molecule has 0 bridgehead atoms. The lowest BCUT2D eigenvalue weighted by Crippen LogP contribution is -2.34. The highest BCUT2D eigenvalue weighted by molar-refractivity contribution is 5.52. The Labute approximate surface area is 183 Å². The van der Waals surface area contributed by atoms with Gasteiger partial charge in [-0.15, -0.1) is 0 Å². The molecule has 5 nitrogen and oxygen atoms in total. The minimum absolute atomic E-state index is 0.225. The van der Waals surface area contributed by atoms with Gasteiger partial charge in [0.2, 0.25) is 0 Å².